The van der Waals surface area contributed by atoms with Gasteiger partial charge in [-0.3, -0.25) is 0 Å². The summed E-state index contributed by atoms with van der Waals surface area (Å²) in [5.41, 5.74) is 7.10. The molecule has 0 radical (unpaired) electrons. The zero-order valence-corrected chi connectivity index (χ0v) is 17.5. The van der Waals surface area contributed by atoms with E-state index in [2.05, 4.69) is 93.0 Å². The number of nitrogens with zero attached hydrogens (tertiary/aromatic N) is 4. The van der Waals surface area contributed by atoms with Gasteiger partial charge >= 0.3 is 0 Å². The van der Waals surface area contributed by atoms with Gasteiger partial charge in [-0.2, -0.15) is 0 Å². The summed E-state index contributed by atoms with van der Waals surface area (Å²) in [4.78, 5) is 2.20. The number of aryl methyl sites for hydroxylation is 2. The van der Waals surface area contributed by atoms with Crippen molar-refractivity contribution < 1.29 is 0 Å². The van der Waals surface area contributed by atoms with Gasteiger partial charge in [0.1, 0.15) is 0 Å². The monoisotopic (exact) mass is 425 g/mol. The van der Waals surface area contributed by atoms with Crippen LogP contribution >= 0.6 is 15.9 Å². The van der Waals surface area contributed by atoms with E-state index in [9.17, 15) is 0 Å². The van der Waals surface area contributed by atoms with Crippen molar-refractivity contribution in [2.75, 3.05) is 19.4 Å². The molecule has 1 aromatic heterocycles. The second-order valence-corrected chi connectivity index (χ2v) is 8.27. The molecule has 2 heterocycles. The van der Waals surface area contributed by atoms with Crippen molar-refractivity contribution in [3.05, 3.63) is 63.8 Å². The van der Waals surface area contributed by atoms with Crippen molar-refractivity contribution in [3.8, 4) is 11.3 Å². The molecule has 0 fully saturated rings. The smallest absolute Gasteiger partial charge is 0.0918 e. The van der Waals surface area contributed by atoms with Gasteiger partial charge in [0.25, 0.3) is 0 Å². The fourth-order valence-corrected chi connectivity index (χ4v) is 4.19. The molecule has 0 saturated carbocycles. The number of hydrogen-bond donors (Lipinski definition) is 1. The SMILES string of the molecule is Cc1nnn2c1-c1ccc(Br)cc1C(Nc1ccccc1CN(C)C)CC2. The number of benzene rings is 2. The number of rotatable bonds is 4. The number of fused-ring (bicyclic) bond motifs is 3. The quantitative estimate of drug-likeness (QED) is 0.661. The lowest BCUT2D eigenvalue weighted by atomic mass is 9.96. The fraction of sp³-hybridized carbons (Fsp3) is 0.333. The first-order chi connectivity index (χ1) is 13.0. The minimum atomic E-state index is 0.210. The highest BCUT2D eigenvalue weighted by molar-refractivity contribution is 9.10. The summed E-state index contributed by atoms with van der Waals surface area (Å²) in [7, 11) is 4.20. The van der Waals surface area contributed by atoms with Crippen LogP contribution in [0.1, 0.15) is 29.3 Å². The van der Waals surface area contributed by atoms with E-state index in [1.54, 1.807) is 0 Å². The highest BCUT2D eigenvalue weighted by atomic mass is 79.9. The number of hydrogen-bond acceptors (Lipinski definition) is 4. The van der Waals surface area contributed by atoms with E-state index in [1.807, 2.05) is 11.6 Å². The van der Waals surface area contributed by atoms with Gasteiger partial charge in [-0.05, 0) is 56.8 Å². The first-order valence-corrected chi connectivity index (χ1v) is 10.0. The Morgan fingerprint density at radius 1 is 1.22 bits per heavy atom. The number of halogens is 1. The second kappa shape index (κ2) is 7.44. The van der Waals surface area contributed by atoms with Crippen LogP contribution in [0.4, 0.5) is 5.69 Å². The predicted octanol–water partition coefficient (Wildman–Crippen LogP) is 4.63. The van der Waals surface area contributed by atoms with Crippen molar-refractivity contribution in [3.63, 3.8) is 0 Å². The summed E-state index contributed by atoms with van der Waals surface area (Å²) < 4.78 is 3.13. The average Bonchev–Trinajstić information content (AvgIpc) is 2.92. The van der Waals surface area contributed by atoms with Crippen LogP contribution in [-0.4, -0.2) is 34.0 Å². The number of aromatic nitrogens is 3. The first kappa shape index (κ1) is 18.2. The molecule has 3 aromatic rings. The molecule has 27 heavy (non-hydrogen) atoms. The van der Waals surface area contributed by atoms with Gasteiger partial charge in [-0.1, -0.05) is 45.4 Å². The maximum atomic E-state index is 4.36. The Labute approximate surface area is 168 Å². The molecule has 0 bridgehead atoms. The molecule has 0 spiro atoms. The summed E-state index contributed by atoms with van der Waals surface area (Å²) in [5.74, 6) is 0. The predicted molar refractivity (Wildman–Crippen MR) is 113 cm³/mol. The molecule has 2 aromatic carbocycles. The van der Waals surface area contributed by atoms with E-state index in [0.717, 1.165) is 35.4 Å². The lowest BCUT2D eigenvalue weighted by Crippen LogP contribution is -2.16. The topological polar surface area (TPSA) is 46.0 Å². The Kier molecular flexibility index (Phi) is 5.02. The third-order valence-electron chi connectivity index (χ3n) is 5.01. The van der Waals surface area contributed by atoms with Crippen LogP contribution in [-0.2, 0) is 13.1 Å². The van der Waals surface area contributed by atoms with Gasteiger partial charge in [0.15, 0.2) is 0 Å². The lowest BCUT2D eigenvalue weighted by Gasteiger charge is -2.23. The van der Waals surface area contributed by atoms with Crippen LogP contribution in [0.2, 0.25) is 0 Å². The van der Waals surface area contributed by atoms with Crippen LogP contribution in [0, 0.1) is 6.92 Å². The van der Waals surface area contributed by atoms with Crippen molar-refractivity contribution in [2.45, 2.75) is 32.5 Å². The third-order valence-corrected chi connectivity index (χ3v) is 5.50. The van der Waals surface area contributed by atoms with Crippen molar-refractivity contribution >= 4 is 21.6 Å². The van der Waals surface area contributed by atoms with Gasteiger partial charge in [0.2, 0.25) is 0 Å². The Hall–Kier alpha value is -2.18. The van der Waals surface area contributed by atoms with Crippen LogP contribution in [0.3, 0.4) is 0 Å². The number of para-hydroxylation sites is 1. The van der Waals surface area contributed by atoms with E-state index >= 15 is 0 Å². The van der Waals surface area contributed by atoms with Crippen LogP contribution in [0.25, 0.3) is 11.3 Å². The van der Waals surface area contributed by atoms with E-state index in [4.69, 9.17) is 0 Å². The van der Waals surface area contributed by atoms with E-state index in [0.29, 0.717) is 0 Å². The van der Waals surface area contributed by atoms with Crippen LogP contribution in [0.5, 0.6) is 0 Å². The Bertz CT molecular complexity index is 963. The molecule has 0 aliphatic carbocycles. The zero-order valence-electron chi connectivity index (χ0n) is 15.9. The van der Waals surface area contributed by atoms with Gasteiger partial charge in [-0.15, -0.1) is 5.10 Å². The van der Waals surface area contributed by atoms with Gasteiger partial charge < -0.3 is 10.2 Å². The van der Waals surface area contributed by atoms with E-state index in [1.165, 1.54) is 22.4 Å². The summed E-state index contributed by atoms with van der Waals surface area (Å²) >= 11 is 3.65. The minimum absolute atomic E-state index is 0.210. The highest BCUT2D eigenvalue weighted by Crippen LogP contribution is 2.38. The number of anilines is 1. The van der Waals surface area contributed by atoms with Gasteiger partial charge in [0.05, 0.1) is 17.4 Å². The summed E-state index contributed by atoms with van der Waals surface area (Å²) in [6.07, 6.45) is 0.954. The molecule has 4 rings (SSSR count). The molecule has 5 nitrogen and oxygen atoms in total. The molecule has 1 unspecified atom stereocenters. The maximum absolute atomic E-state index is 4.36. The van der Waals surface area contributed by atoms with Gasteiger partial charge in [-0.25, -0.2) is 4.68 Å². The normalized spacial score (nSPS) is 16.0. The van der Waals surface area contributed by atoms with Crippen LogP contribution in [0.15, 0.2) is 46.9 Å². The molecule has 6 heteroatoms. The Morgan fingerprint density at radius 2 is 2.04 bits per heavy atom. The molecular weight excluding hydrogens is 402 g/mol. The fourth-order valence-electron chi connectivity index (χ4n) is 3.81. The molecule has 1 aliphatic rings. The molecule has 0 amide bonds. The second-order valence-electron chi connectivity index (χ2n) is 7.36. The highest BCUT2D eigenvalue weighted by Gasteiger charge is 2.25. The standard InChI is InChI=1S/C21H24BrN5/c1-14-21-17-9-8-16(22)12-18(17)20(10-11-27(21)25-24-14)23-19-7-5-4-6-15(19)13-26(2)3/h4-9,12,20,23H,10-11,13H2,1-3H3. The third kappa shape index (κ3) is 3.64. The van der Waals surface area contributed by atoms with Gasteiger partial charge in [0, 0.05) is 28.8 Å². The van der Waals surface area contributed by atoms with Crippen LogP contribution < -0.4 is 5.32 Å². The Balaban J connectivity index is 1.75. The zero-order chi connectivity index (χ0) is 19.0. The molecule has 1 atom stereocenters. The molecule has 0 saturated heterocycles. The summed E-state index contributed by atoms with van der Waals surface area (Å²) in [6.45, 7) is 3.78. The molecular formula is C21H24BrN5. The van der Waals surface area contributed by atoms with Crippen molar-refractivity contribution in [2.24, 2.45) is 0 Å². The largest absolute Gasteiger partial charge is 0.378 e. The van der Waals surface area contributed by atoms with Crippen molar-refractivity contribution in [1.29, 1.82) is 0 Å². The minimum Gasteiger partial charge on any atom is -0.378 e. The molecule has 1 aliphatic heterocycles. The van der Waals surface area contributed by atoms with E-state index in [-0.39, 0.29) is 6.04 Å². The summed E-state index contributed by atoms with van der Waals surface area (Å²) in [5, 5.41) is 12.5. The molecule has 1 N–H and O–H groups in total. The molecule has 140 valence electrons. The Morgan fingerprint density at radius 3 is 2.85 bits per heavy atom. The maximum Gasteiger partial charge on any atom is 0.0918 e. The first-order valence-electron chi connectivity index (χ1n) is 9.22. The lowest BCUT2D eigenvalue weighted by molar-refractivity contribution is 0.403. The average molecular weight is 426 g/mol. The summed E-state index contributed by atoms with van der Waals surface area (Å²) in [6, 6.07) is 15.3. The van der Waals surface area contributed by atoms with Crippen molar-refractivity contribution in [1.82, 2.24) is 19.9 Å². The number of nitrogens with one attached hydrogen (secondary N) is 1. The van der Waals surface area contributed by atoms with E-state index < -0.39 is 0 Å².